The van der Waals surface area contributed by atoms with E-state index >= 15 is 0 Å². The lowest BCUT2D eigenvalue weighted by molar-refractivity contribution is 0.0872. The summed E-state index contributed by atoms with van der Waals surface area (Å²) in [5.41, 5.74) is -0.379. The molecule has 1 unspecified atom stereocenters. The summed E-state index contributed by atoms with van der Waals surface area (Å²) in [6.45, 7) is 6.85. The molecule has 0 aromatic carbocycles. The van der Waals surface area contributed by atoms with E-state index in [1.54, 1.807) is 20.8 Å². The van der Waals surface area contributed by atoms with Crippen LogP contribution in [-0.2, 0) is 15.1 Å². The first-order chi connectivity index (χ1) is 10.5. The molecule has 0 saturated heterocycles. The molecule has 0 saturated carbocycles. The van der Waals surface area contributed by atoms with E-state index in [1.807, 2.05) is 13.0 Å². The number of amides is 1. The molecule has 8 heteroatoms. The molecule has 0 aliphatic heterocycles. The van der Waals surface area contributed by atoms with Crippen molar-refractivity contribution in [3.63, 3.8) is 0 Å². The second-order valence-corrected chi connectivity index (χ2v) is 8.03. The van der Waals surface area contributed by atoms with Gasteiger partial charge in [-0.15, -0.1) is 0 Å². The summed E-state index contributed by atoms with van der Waals surface area (Å²) >= 11 is 0. The van der Waals surface area contributed by atoms with Crippen molar-refractivity contribution in [2.75, 3.05) is 13.2 Å². The highest BCUT2D eigenvalue weighted by Gasteiger charge is 2.32. The van der Waals surface area contributed by atoms with Crippen LogP contribution in [0.5, 0.6) is 0 Å². The Hall–Kier alpha value is -1.36. The van der Waals surface area contributed by atoms with Gasteiger partial charge in [-0.2, -0.15) is 18.0 Å². The van der Waals surface area contributed by atoms with Gasteiger partial charge in [-0.3, -0.25) is 0 Å². The summed E-state index contributed by atoms with van der Waals surface area (Å²) in [4.78, 5) is 11.8. The van der Waals surface area contributed by atoms with E-state index in [2.05, 4.69) is 0 Å². The minimum Gasteiger partial charge on any atom is -0.448 e. The van der Waals surface area contributed by atoms with Crippen molar-refractivity contribution in [2.45, 2.75) is 59.8 Å². The van der Waals surface area contributed by atoms with Crippen LogP contribution in [0.4, 0.5) is 8.68 Å². The number of carbonyl (C=O) groups is 1. The first kappa shape index (κ1) is 21.6. The molecule has 0 N–H and O–H groups in total. The number of halogens is 1. The summed E-state index contributed by atoms with van der Waals surface area (Å²) in [6, 6.07) is 1.93. The summed E-state index contributed by atoms with van der Waals surface area (Å²) in [7, 11) is -5.26. The van der Waals surface area contributed by atoms with Gasteiger partial charge < -0.3 is 4.74 Å². The lowest BCUT2D eigenvalue weighted by atomic mass is 9.99. The minimum atomic E-state index is -5.26. The van der Waals surface area contributed by atoms with Gasteiger partial charge in [-0.05, 0) is 11.8 Å². The quantitative estimate of drug-likeness (QED) is 0.466. The predicted octanol–water partition coefficient (Wildman–Crippen LogP) is 3.80. The monoisotopic (exact) mass is 350 g/mol. The Morgan fingerprint density at radius 3 is 2.35 bits per heavy atom. The van der Waals surface area contributed by atoms with E-state index in [9.17, 15) is 17.1 Å². The average Bonchev–Trinajstić information content (AvgIpc) is 2.42. The lowest BCUT2D eigenvalue weighted by Gasteiger charge is -2.23. The predicted molar refractivity (Wildman–Crippen MR) is 85.4 cm³/mol. The van der Waals surface area contributed by atoms with Crippen molar-refractivity contribution in [3.8, 4) is 6.07 Å². The molecule has 134 valence electrons. The first-order valence-electron chi connectivity index (χ1n) is 7.80. The van der Waals surface area contributed by atoms with Gasteiger partial charge in [0, 0.05) is 0 Å². The third kappa shape index (κ3) is 10.1. The number of hydrogen-bond acceptors (Lipinski definition) is 5. The zero-order valence-corrected chi connectivity index (χ0v) is 15.2. The van der Waals surface area contributed by atoms with E-state index < -0.39 is 29.0 Å². The van der Waals surface area contributed by atoms with Crippen LogP contribution in [0.2, 0.25) is 0 Å². The van der Waals surface area contributed by atoms with E-state index in [0.717, 1.165) is 25.7 Å². The molecule has 1 atom stereocenters. The highest BCUT2D eigenvalue weighted by atomic mass is 32.3. The van der Waals surface area contributed by atoms with Crippen molar-refractivity contribution < 1.29 is 21.8 Å². The zero-order chi connectivity index (χ0) is 18.1. The van der Waals surface area contributed by atoms with Gasteiger partial charge in [0.15, 0.2) is 0 Å². The van der Waals surface area contributed by atoms with Crippen molar-refractivity contribution in [1.82, 2.24) is 4.31 Å². The zero-order valence-electron chi connectivity index (χ0n) is 14.3. The fourth-order valence-electron chi connectivity index (χ4n) is 1.82. The Bertz CT molecular complexity index is 509. The van der Waals surface area contributed by atoms with Gasteiger partial charge >= 0.3 is 16.5 Å². The molecule has 1 amide bonds. The molecule has 0 heterocycles. The number of unbranched alkanes of at least 4 members (excludes halogenated alkanes) is 3. The van der Waals surface area contributed by atoms with Crippen LogP contribution in [0.3, 0.4) is 0 Å². The normalized spacial score (nSPS) is 13.2. The fraction of sp³-hybridized carbons (Fsp3) is 0.867. The Morgan fingerprint density at radius 1 is 1.30 bits per heavy atom. The van der Waals surface area contributed by atoms with Gasteiger partial charge in [0.25, 0.3) is 0 Å². The number of ether oxygens (including phenoxy) is 1. The lowest BCUT2D eigenvalue weighted by Crippen LogP contribution is -2.39. The molecule has 23 heavy (non-hydrogen) atoms. The van der Waals surface area contributed by atoms with Crippen LogP contribution >= 0.6 is 0 Å². The van der Waals surface area contributed by atoms with Crippen molar-refractivity contribution in [3.05, 3.63) is 0 Å². The second kappa shape index (κ2) is 9.71. The molecule has 0 rings (SSSR count). The van der Waals surface area contributed by atoms with E-state index in [1.165, 1.54) is 0 Å². The fourth-order valence-corrected chi connectivity index (χ4v) is 2.41. The molecule has 0 bridgehead atoms. The molecule has 0 aromatic rings. The van der Waals surface area contributed by atoms with Crippen molar-refractivity contribution >= 4 is 16.5 Å². The first-order valence-corrected chi connectivity index (χ1v) is 9.14. The molecule has 0 aromatic heterocycles. The van der Waals surface area contributed by atoms with Crippen LogP contribution in [0.15, 0.2) is 0 Å². The number of rotatable bonds is 9. The van der Waals surface area contributed by atoms with Crippen LogP contribution in [0.1, 0.15) is 59.8 Å². The smallest absolute Gasteiger partial charge is 0.425 e. The standard InChI is InChI=1S/C15H27FN2O4S/c1-5-6-7-8-9-13(10-17)11-18(23(16,20)21)14(19)22-12-15(2,3)4/h13H,5-9,11-12H2,1-4H3. The number of hydrogen-bond donors (Lipinski definition) is 0. The van der Waals surface area contributed by atoms with E-state index in [0.29, 0.717) is 6.42 Å². The Morgan fingerprint density at radius 2 is 1.91 bits per heavy atom. The summed E-state index contributed by atoms with van der Waals surface area (Å²) in [5.74, 6) is -0.750. The van der Waals surface area contributed by atoms with Crippen molar-refractivity contribution in [2.24, 2.45) is 11.3 Å². The number of nitriles is 1. The SMILES string of the molecule is CCCCCCC(C#N)CN(C(=O)OCC(C)(C)C)S(=O)(=O)F. The molecule has 0 spiro atoms. The molecule has 0 fully saturated rings. The topological polar surface area (TPSA) is 87.5 Å². The summed E-state index contributed by atoms with van der Waals surface area (Å²) < 4.78 is 40.5. The van der Waals surface area contributed by atoms with Gasteiger partial charge in [0.2, 0.25) is 0 Å². The highest BCUT2D eigenvalue weighted by Crippen LogP contribution is 2.18. The molecular formula is C15H27FN2O4S. The van der Waals surface area contributed by atoms with Crippen LogP contribution in [-0.4, -0.2) is 32.0 Å². The maximum Gasteiger partial charge on any atom is 0.425 e. The maximum atomic E-state index is 13.4. The maximum absolute atomic E-state index is 13.4. The molecule has 0 aliphatic rings. The molecular weight excluding hydrogens is 323 g/mol. The number of carbonyl (C=O) groups excluding carboxylic acids is 1. The Kier molecular flexibility index (Phi) is 9.13. The van der Waals surface area contributed by atoms with E-state index in [4.69, 9.17) is 10.00 Å². The average molecular weight is 350 g/mol. The molecule has 0 radical (unpaired) electrons. The Balaban J connectivity index is 4.78. The van der Waals surface area contributed by atoms with Gasteiger partial charge in [-0.1, -0.05) is 57.3 Å². The third-order valence-electron chi connectivity index (χ3n) is 3.07. The minimum absolute atomic E-state index is 0.00640. The largest absolute Gasteiger partial charge is 0.448 e. The van der Waals surface area contributed by atoms with Crippen LogP contribution in [0, 0.1) is 22.7 Å². The van der Waals surface area contributed by atoms with Gasteiger partial charge in [0.05, 0.1) is 25.1 Å². The van der Waals surface area contributed by atoms with E-state index in [-0.39, 0.29) is 16.3 Å². The molecule has 0 aliphatic carbocycles. The third-order valence-corrected chi connectivity index (χ3v) is 3.90. The summed E-state index contributed by atoms with van der Waals surface area (Å²) in [5, 5.41) is 9.09. The summed E-state index contributed by atoms with van der Waals surface area (Å²) in [6.07, 6.45) is 2.80. The highest BCUT2D eigenvalue weighted by molar-refractivity contribution is 7.84. The molecule has 6 nitrogen and oxygen atoms in total. The number of nitrogens with zero attached hydrogens (tertiary/aromatic N) is 2. The van der Waals surface area contributed by atoms with Crippen LogP contribution < -0.4 is 0 Å². The van der Waals surface area contributed by atoms with Crippen LogP contribution in [0.25, 0.3) is 0 Å². The Labute approximate surface area is 138 Å². The van der Waals surface area contributed by atoms with Gasteiger partial charge in [0.1, 0.15) is 0 Å². The second-order valence-electron chi connectivity index (χ2n) is 6.76. The van der Waals surface area contributed by atoms with Crippen molar-refractivity contribution in [1.29, 1.82) is 5.26 Å². The van der Waals surface area contributed by atoms with Gasteiger partial charge in [-0.25, -0.2) is 4.79 Å².